The first-order valence-electron chi connectivity index (χ1n) is 8.38. The molecule has 6 nitrogen and oxygen atoms in total. The first kappa shape index (κ1) is 23.6. The number of hydrogen-bond acceptors (Lipinski definition) is 4. The van der Waals surface area contributed by atoms with Crippen LogP contribution in [0.1, 0.15) is 12.5 Å². The Bertz CT molecular complexity index is 635. The molecule has 1 aliphatic heterocycles. The standard InChI is InChI=1S/C17H25F3N4O2.HI/c1-12(17(18,19)20)23-6-8-24(9-7-23)16(21-2)22-11-13-10-14(26-3)4-5-15(13)25;/h4-5,10,12,25H,6-9,11H2,1-3H3,(H,21,22);1H. The number of ether oxygens (including phenoxy) is 1. The number of hydrogen-bond donors (Lipinski definition) is 2. The Balaban J connectivity index is 0.00000364. The number of guanidine groups is 1. The molecule has 1 heterocycles. The summed E-state index contributed by atoms with van der Waals surface area (Å²) in [7, 11) is 3.17. The van der Waals surface area contributed by atoms with Gasteiger partial charge < -0.3 is 20.1 Å². The summed E-state index contributed by atoms with van der Waals surface area (Å²) in [6.07, 6.45) is -4.22. The van der Waals surface area contributed by atoms with Crippen molar-refractivity contribution < 1.29 is 23.0 Å². The number of aromatic hydroxyl groups is 1. The summed E-state index contributed by atoms with van der Waals surface area (Å²) >= 11 is 0. The van der Waals surface area contributed by atoms with E-state index >= 15 is 0 Å². The van der Waals surface area contributed by atoms with Crippen molar-refractivity contribution in [3.05, 3.63) is 23.8 Å². The van der Waals surface area contributed by atoms with Crippen LogP contribution in [0.15, 0.2) is 23.2 Å². The molecule has 154 valence electrons. The molecule has 2 rings (SSSR count). The fourth-order valence-corrected chi connectivity index (χ4v) is 2.87. The van der Waals surface area contributed by atoms with E-state index in [1.165, 1.54) is 11.8 Å². The van der Waals surface area contributed by atoms with E-state index in [2.05, 4.69) is 10.3 Å². The Morgan fingerprint density at radius 2 is 1.93 bits per heavy atom. The van der Waals surface area contributed by atoms with Gasteiger partial charge in [0.2, 0.25) is 0 Å². The van der Waals surface area contributed by atoms with Gasteiger partial charge in [-0.2, -0.15) is 13.2 Å². The van der Waals surface area contributed by atoms with Crippen molar-refractivity contribution in [3.63, 3.8) is 0 Å². The Morgan fingerprint density at radius 1 is 1.30 bits per heavy atom. The molecule has 2 N–H and O–H groups in total. The van der Waals surface area contributed by atoms with Crippen LogP contribution in [0.3, 0.4) is 0 Å². The van der Waals surface area contributed by atoms with Gasteiger partial charge in [-0.1, -0.05) is 0 Å². The molecule has 27 heavy (non-hydrogen) atoms. The minimum absolute atomic E-state index is 0. The number of methoxy groups -OCH3 is 1. The van der Waals surface area contributed by atoms with Crippen molar-refractivity contribution in [1.82, 2.24) is 15.1 Å². The highest BCUT2D eigenvalue weighted by Crippen LogP contribution is 2.25. The molecule has 1 aliphatic rings. The lowest BCUT2D eigenvalue weighted by Crippen LogP contribution is -2.56. The number of phenolic OH excluding ortho intramolecular Hbond substituents is 1. The smallest absolute Gasteiger partial charge is 0.403 e. The van der Waals surface area contributed by atoms with Gasteiger partial charge in [0.1, 0.15) is 17.5 Å². The average molecular weight is 502 g/mol. The van der Waals surface area contributed by atoms with Crippen LogP contribution in [0.25, 0.3) is 0 Å². The SMILES string of the molecule is CN=C(NCc1cc(OC)ccc1O)N1CCN(C(C)C(F)(F)F)CC1.I. The van der Waals surface area contributed by atoms with Crippen LogP contribution < -0.4 is 10.1 Å². The molecule has 0 saturated carbocycles. The third-order valence-corrected chi connectivity index (χ3v) is 4.57. The zero-order chi connectivity index (χ0) is 19.3. The Morgan fingerprint density at radius 3 is 2.44 bits per heavy atom. The Kier molecular flexibility index (Phi) is 8.92. The van der Waals surface area contributed by atoms with Crippen molar-refractivity contribution >= 4 is 29.9 Å². The van der Waals surface area contributed by atoms with E-state index in [1.54, 1.807) is 32.4 Å². The number of halogens is 4. The number of benzene rings is 1. The molecule has 1 aromatic carbocycles. The van der Waals surface area contributed by atoms with Crippen molar-refractivity contribution in [1.29, 1.82) is 0 Å². The largest absolute Gasteiger partial charge is 0.508 e. The van der Waals surface area contributed by atoms with Gasteiger partial charge >= 0.3 is 6.18 Å². The van der Waals surface area contributed by atoms with Gasteiger partial charge in [0.25, 0.3) is 0 Å². The molecule has 0 radical (unpaired) electrons. The van der Waals surface area contributed by atoms with Gasteiger partial charge in [0, 0.05) is 45.3 Å². The summed E-state index contributed by atoms with van der Waals surface area (Å²) in [5.41, 5.74) is 0.648. The number of rotatable bonds is 4. The fourth-order valence-electron chi connectivity index (χ4n) is 2.87. The molecule has 0 aliphatic carbocycles. The third kappa shape index (κ3) is 6.30. The van der Waals surface area contributed by atoms with Gasteiger partial charge in [-0.3, -0.25) is 9.89 Å². The second kappa shape index (κ2) is 10.2. The van der Waals surface area contributed by atoms with Crippen LogP contribution in [0.2, 0.25) is 0 Å². The highest BCUT2D eigenvalue weighted by molar-refractivity contribution is 14.0. The summed E-state index contributed by atoms with van der Waals surface area (Å²) in [6, 6.07) is 3.48. The lowest BCUT2D eigenvalue weighted by molar-refractivity contribution is -0.181. The molecule has 0 amide bonds. The minimum Gasteiger partial charge on any atom is -0.508 e. The van der Waals surface area contributed by atoms with E-state index in [4.69, 9.17) is 4.74 Å². The second-order valence-electron chi connectivity index (χ2n) is 6.14. The lowest BCUT2D eigenvalue weighted by atomic mass is 10.2. The third-order valence-electron chi connectivity index (χ3n) is 4.57. The molecule has 1 atom stereocenters. The molecule has 0 spiro atoms. The van der Waals surface area contributed by atoms with Crippen LogP contribution in [-0.2, 0) is 6.54 Å². The molecule has 1 aromatic rings. The van der Waals surface area contributed by atoms with Gasteiger partial charge in [-0.25, -0.2) is 0 Å². The van der Waals surface area contributed by atoms with E-state index in [0.29, 0.717) is 50.0 Å². The van der Waals surface area contributed by atoms with Gasteiger partial charge in [-0.05, 0) is 25.1 Å². The molecule has 1 unspecified atom stereocenters. The predicted molar refractivity (Wildman–Crippen MR) is 109 cm³/mol. The minimum atomic E-state index is -4.22. The van der Waals surface area contributed by atoms with Gasteiger partial charge in [0.15, 0.2) is 5.96 Å². The molecule has 1 saturated heterocycles. The Labute approximate surface area is 174 Å². The number of nitrogens with zero attached hydrogens (tertiary/aromatic N) is 3. The maximum Gasteiger partial charge on any atom is 0.403 e. The molecular weight excluding hydrogens is 476 g/mol. The summed E-state index contributed by atoms with van der Waals surface area (Å²) in [4.78, 5) is 7.54. The summed E-state index contributed by atoms with van der Waals surface area (Å²) in [6.45, 7) is 3.04. The monoisotopic (exact) mass is 502 g/mol. The van der Waals surface area contributed by atoms with E-state index in [0.717, 1.165) is 0 Å². The van der Waals surface area contributed by atoms with Crippen molar-refractivity contribution in [3.8, 4) is 11.5 Å². The normalized spacial score (nSPS) is 17.3. The molecular formula is C17H26F3IN4O2. The molecule has 0 bridgehead atoms. The topological polar surface area (TPSA) is 60.3 Å². The molecule has 10 heteroatoms. The van der Waals surface area contributed by atoms with Crippen molar-refractivity contribution in [2.75, 3.05) is 40.3 Å². The highest BCUT2D eigenvalue weighted by Gasteiger charge is 2.41. The Hall–Kier alpha value is -1.43. The van der Waals surface area contributed by atoms with E-state index < -0.39 is 12.2 Å². The number of piperazine rings is 1. The first-order chi connectivity index (χ1) is 12.3. The van der Waals surface area contributed by atoms with E-state index in [1.807, 2.05) is 4.90 Å². The number of nitrogens with one attached hydrogen (secondary N) is 1. The van der Waals surface area contributed by atoms with E-state index in [-0.39, 0.29) is 29.7 Å². The highest BCUT2D eigenvalue weighted by atomic mass is 127. The summed E-state index contributed by atoms with van der Waals surface area (Å²) in [5, 5.41) is 13.1. The zero-order valence-electron chi connectivity index (χ0n) is 15.6. The van der Waals surface area contributed by atoms with E-state index in [9.17, 15) is 18.3 Å². The number of aliphatic imine (C=N–C) groups is 1. The second-order valence-corrected chi connectivity index (χ2v) is 6.14. The van der Waals surface area contributed by atoms with Crippen LogP contribution in [0, 0.1) is 0 Å². The van der Waals surface area contributed by atoms with Crippen molar-refractivity contribution in [2.45, 2.75) is 25.7 Å². The van der Waals surface area contributed by atoms with Gasteiger partial charge in [0.05, 0.1) is 7.11 Å². The van der Waals surface area contributed by atoms with Crippen LogP contribution in [0.4, 0.5) is 13.2 Å². The maximum atomic E-state index is 12.8. The summed E-state index contributed by atoms with van der Waals surface area (Å²) < 4.78 is 43.7. The van der Waals surface area contributed by atoms with Gasteiger partial charge in [-0.15, -0.1) is 24.0 Å². The average Bonchev–Trinajstić information content (AvgIpc) is 2.62. The number of alkyl halides is 3. The zero-order valence-corrected chi connectivity index (χ0v) is 17.9. The maximum absolute atomic E-state index is 12.8. The first-order valence-corrected chi connectivity index (χ1v) is 8.38. The molecule has 0 aromatic heterocycles. The quantitative estimate of drug-likeness (QED) is 0.377. The van der Waals surface area contributed by atoms with Crippen LogP contribution >= 0.6 is 24.0 Å². The van der Waals surface area contributed by atoms with Crippen LogP contribution in [0.5, 0.6) is 11.5 Å². The molecule has 1 fully saturated rings. The number of phenols is 1. The van der Waals surface area contributed by atoms with Crippen molar-refractivity contribution in [2.24, 2.45) is 4.99 Å². The summed E-state index contributed by atoms with van der Waals surface area (Å²) in [5.74, 6) is 1.36. The predicted octanol–water partition coefficient (Wildman–Crippen LogP) is 2.66. The lowest BCUT2D eigenvalue weighted by Gasteiger charge is -2.39. The fraction of sp³-hybridized carbons (Fsp3) is 0.588. The van der Waals surface area contributed by atoms with Crippen LogP contribution in [-0.4, -0.2) is 73.4 Å².